The van der Waals surface area contributed by atoms with Crippen molar-refractivity contribution in [3.05, 3.63) is 58.1 Å². The molecule has 0 heterocycles. The number of halogens is 2. The van der Waals surface area contributed by atoms with Crippen molar-refractivity contribution in [1.82, 2.24) is 0 Å². The number of carbonyl (C=O) groups is 1. The van der Waals surface area contributed by atoms with E-state index in [2.05, 4.69) is 0 Å². The number of carbonyl (C=O) groups excluding carboxylic acids is 1. The van der Waals surface area contributed by atoms with E-state index < -0.39 is 0 Å². The molecule has 0 aromatic heterocycles. The van der Waals surface area contributed by atoms with Gasteiger partial charge in [-0.3, -0.25) is 4.79 Å². The number of rotatable bonds is 3. The van der Waals surface area contributed by atoms with Gasteiger partial charge in [-0.2, -0.15) is 0 Å². The van der Waals surface area contributed by atoms with Crippen LogP contribution in [0.3, 0.4) is 0 Å². The van der Waals surface area contributed by atoms with Gasteiger partial charge in [0.15, 0.2) is 6.29 Å². The molecule has 2 aromatic rings. The zero-order valence-corrected chi connectivity index (χ0v) is 10.2. The van der Waals surface area contributed by atoms with E-state index in [-0.39, 0.29) is 5.02 Å². The van der Waals surface area contributed by atoms with Crippen LogP contribution in [0.1, 0.15) is 10.4 Å². The van der Waals surface area contributed by atoms with Gasteiger partial charge in [0.1, 0.15) is 11.5 Å². The Balaban J connectivity index is 2.37. The summed E-state index contributed by atoms with van der Waals surface area (Å²) in [5.41, 5.74) is 0.385. The first kappa shape index (κ1) is 12.0. The van der Waals surface area contributed by atoms with Gasteiger partial charge in [0.2, 0.25) is 0 Å². The molecule has 0 unspecified atom stereocenters. The number of hydrogen-bond acceptors (Lipinski definition) is 2. The van der Waals surface area contributed by atoms with Crippen LogP contribution in [0.5, 0.6) is 11.5 Å². The molecule has 0 aliphatic rings. The Morgan fingerprint density at radius 3 is 2.35 bits per heavy atom. The number of hydrogen-bond donors (Lipinski definition) is 0. The topological polar surface area (TPSA) is 26.3 Å². The van der Waals surface area contributed by atoms with E-state index >= 15 is 0 Å². The normalized spacial score (nSPS) is 10.0. The maximum atomic E-state index is 10.7. The van der Waals surface area contributed by atoms with Gasteiger partial charge in [-0.25, -0.2) is 0 Å². The maximum Gasteiger partial charge on any atom is 0.151 e. The third-order valence-electron chi connectivity index (χ3n) is 2.18. The van der Waals surface area contributed by atoms with Crippen molar-refractivity contribution >= 4 is 29.5 Å². The maximum absolute atomic E-state index is 10.7. The minimum absolute atomic E-state index is 0.280. The van der Waals surface area contributed by atoms with Gasteiger partial charge in [0.05, 0.1) is 10.0 Å². The minimum Gasteiger partial charge on any atom is -0.454 e. The molecule has 0 saturated carbocycles. The molecule has 0 aliphatic heterocycles. The van der Waals surface area contributed by atoms with Gasteiger partial charge in [-0.1, -0.05) is 41.4 Å². The second-order valence-corrected chi connectivity index (χ2v) is 4.09. The Morgan fingerprint density at radius 2 is 1.65 bits per heavy atom. The molecule has 0 amide bonds. The van der Waals surface area contributed by atoms with Gasteiger partial charge in [-0.05, 0) is 24.3 Å². The summed E-state index contributed by atoms with van der Waals surface area (Å²) in [7, 11) is 0. The smallest absolute Gasteiger partial charge is 0.151 e. The van der Waals surface area contributed by atoms with Crippen LogP contribution in [0.2, 0.25) is 10.0 Å². The summed E-state index contributed by atoms with van der Waals surface area (Å²) >= 11 is 12.0. The van der Waals surface area contributed by atoms with Crippen molar-refractivity contribution in [1.29, 1.82) is 0 Å². The molecule has 86 valence electrons. The average Bonchev–Trinajstić information content (AvgIpc) is 2.34. The standard InChI is InChI=1S/C13H8Cl2O2/c14-10-5-1-2-6-11(10)17-12-7-3-4-9(8-16)13(12)15/h1-8H. The molecule has 2 aromatic carbocycles. The molecular weight excluding hydrogens is 259 g/mol. The second kappa shape index (κ2) is 5.21. The summed E-state index contributed by atoms with van der Waals surface area (Å²) in [5, 5.41) is 0.766. The second-order valence-electron chi connectivity index (χ2n) is 3.31. The van der Waals surface area contributed by atoms with Crippen molar-refractivity contribution in [2.24, 2.45) is 0 Å². The Kier molecular flexibility index (Phi) is 3.67. The average molecular weight is 267 g/mol. The Labute approximate surface area is 109 Å². The summed E-state index contributed by atoms with van der Waals surface area (Å²) in [6.07, 6.45) is 0.682. The van der Waals surface area contributed by atoms with E-state index in [4.69, 9.17) is 27.9 Å². The van der Waals surface area contributed by atoms with Gasteiger partial charge in [-0.15, -0.1) is 0 Å². The fourth-order valence-corrected chi connectivity index (χ4v) is 1.73. The van der Waals surface area contributed by atoms with E-state index in [1.54, 1.807) is 42.5 Å². The molecule has 17 heavy (non-hydrogen) atoms. The van der Waals surface area contributed by atoms with E-state index in [1.807, 2.05) is 0 Å². The lowest BCUT2D eigenvalue weighted by Crippen LogP contribution is -1.89. The van der Waals surface area contributed by atoms with Crippen LogP contribution in [-0.4, -0.2) is 6.29 Å². The highest BCUT2D eigenvalue weighted by molar-refractivity contribution is 6.34. The van der Waals surface area contributed by atoms with Crippen molar-refractivity contribution in [2.75, 3.05) is 0 Å². The van der Waals surface area contributed by atoms with Crippen molar-refractivity contribution in [2.45, 2.75) is 0 Å². The highest BCUT2D eigenvalue weighted by atomic mass is 35.5. The molecule has 4 heteroatoms. The van der Waals surface area contributed by atoms with E-state index in [9.17, 15) is 4.79 Å². The van der Waals surface area contributed by atoms with Crippen molar-refractivity contribution in [3.63, 3.8) is 0 Å². The predicted octanol–water partition coefficient (Wildman–Crippen LogP) is 4.60. The zero-order chi connectivity index (χ0) is 12.3. The molecule has 0 bridgehead atoms. The molecule has 0 spiro atoms. The summed E-state index contributed by atoms with van der Waals surface area (Å²) < 4.78 is 5.56. The first-order chi connectivity index (χ1) is 8.22. The van der Waals surface area contributed by atoms with Crippen LogP contribution >= 0.6 is 23.2 Å². The lowest BCUT2D eigenvalue weighted by Gasteiger charge is -2.09. The number of ether oxygens (including phenoxy) is 1. The van der Waals surface area contributed by atoms with E-state index in [1.165, 1.54) is 0 Å². The molecule has 0 radical (unpaired) electrons. The molecular formula is C13H8Cl2O2. The molecule has 2 rings (SSSR count). The van der Waals surface area contributed by atoms with Crippen LogP contribution < -0.4 is 4.74 Å². The number of para-hydroxylation sites is 1. The largest absolute Gasteiger partial charge is 0.454 e. The first-order valence-electron chi connectivity index (χ1n) is 4.88. The van der Waals surface area contributed by atoms with Crippen molar-refractivity contribution in [3.8, 4) is 11.5 Å². The molecule has 0 N–H and O–H groups in total. The van der Waals surface area contributed by atoms with Crippen LogP contribution in [0.4, 0.5) is 0 Å². The third kappa shape index (κ3) is 2.60. The van der Waals surface area contributed by atoms with Gasteiger partial charge >= 0.3 is 0 Å². The fourth-order valence-electron chi connectivity index (χ4n) is 1.34. The minimum atomic E-state index is 0.280. The van der Waals surface area contributed by atoms with E-state index in [0.29, 0.717) is 28.4 Å². The summed E-state index contributed by atoms with van der Waals surface area (Å²) in [6.45, 7) is 0. The Bertz CT molecular complexity index is 553. The lowest BCUT2D eigenvalue weighted by atomic mass is 10.2. The zero-order valence-electron chi connectivity index (χ0n) is 8.69. The van der Waals surface area contributed by atoms with Gasteiger partial charge < -0.3 is 4.74 Å². The summed E-state index contributed by atoms with van der Waals surface area (Å²) in [6, 6.07) is 12.0. The van der Waals surface area contributed by atoms with Crippen LogP contribution in [-0.2, 0) is 0 Å². The van der Waals surface area contributed by atoms with E-state index in [0.717, 1.165) is 0 Å². The predicted molar refractivity (Wildman–Crippen MR) is 68.4 cm³/mol. The highest BCUT2D eigenvalue weighted by Gasteiger charge is 2.08. The molecule has 2 nitrogen and oxygen atoms in total. The third-order valence-corrected chi connectivity index (χ3v) is 2.89. The number of benzene rings is 2. The highest BCUT2D eigenvalue weighted by Crippen LogP contribution is 2.34. The molecule has 0 atom stereocenters. The Hall–Kier alpha value is -1.51. The quantitative estimate of drug-likeness (QED) is 0.760. The van der Waals surface area contributed by atoms with Crippen LogP contribution in [0, 0.1) is 0 Å². The lowest BCUT2D eigenvalue weighted by molar-refractivity contribution is 0.112. The summed E-state index contributed by atoms with van der Waals surface area (Å²) in [5.74, 6) is 0.906. The Morgan fingerprint density at radius 1 is 0.941 bits per heavy atom. The fraction of sp³-hybridized carbons (Fsp3) is 0. The van der Waals surface area contributed by atoms with Gasteiger partial charge in [0.25, 0.3) is 0 Å². The number of aldehydes is 1. The monoisotopic (exact) mass is 266 g/mol. The van der Waals surface area contributed by atoms with Crippen LogP contribution in [0.25, 0.3) is 0 Å². The van der Waals surface area contributed by atoms with Crippen molar-refractivity contribution < 1.29 is 9.53 Å². The van der Waals surface area contributed by atoms with Gasteiger partial charge in [0, 0.05) is 5.56 Å². The first-order valence-corrected chi connectivity index (χ1v) is 5.64. The molecule has 0 aliphatic carbocycles. The van der Waals surface area contributed by atoms with Crippen LogP contribution in [0.15, 0.2) is 42.5 Å². The molecule has 0 fully saturated rings. The SMILES string of the molecule is O=Cc1cccc(Oc2ccccc2Cl)c1Cl. The molecule has 0 saturated heterocycles. The summed E-state index contributed by atoms with van der Waals surface area (Å²) in [4.78, 5) is 10.7.